The molecule has 1 aromatic rings. The molecule has 0 bridgehead atoms. The summed E-state index contributed by atoms with van der Waals surface area (Å²) in [6, 6.07) is 9.83. The Bertz CT molecular complexity index is 445. The Labute approximate surface area is 113 Å². The maximum absolute atomic E-state index is 11.9. The van der Waals surface area contributed by atoms with E-state index in [0.29, 0.717) is 25.3 Å². The highest BCUT2D eigenvalue weighted by molar-refractivity contribution is 5.90. The second kappa shape index (κ2) is 6.36. The van der Waals surface area contributed by atoms with Gasteiger partial charge in [-0.25, -0.2) is 0 Å². The van der Waals surface area contributed by atoms with Crippen LogP contribution in [-0.2, 0) is 9.59 Å². The fourth-order valence-electron chi connectivity index (χ4n) is 2.38. The molecule has 2 rings (SSSR count). The van der Waals surface area contributed by atoms with E-state index in [9.17, 15) is 9.59 Å². The summed E-state index contributed by atoms with van der Waals surface area (Å²) in [6.45, 7) is 2.73. The van der Waals surface area contributed by atoms with Crippen LogP contribution in [0.15, 0.2) is 30.3 Å². The quantitative estimate of drug-likeness (QED) is 0.844. The first-order chi connectivity index (χ1) is 9.20. The third-order valence-electron chi connectivity index (χ3n) is 3.60. The molecule has 0 aliphatic carbocycles. The fourth-order valence-corrected chi connectivity index (χ4v) is 2.38. The first-order valence-electron chi connectivity index (χ1n) is 6.82. The maximum atomic E-state index is 11.9. The van der Waals surface area contributed by atoms with E-state index in [1.54, 1.807) is 0 Å². The van der Waals surface area contributed by atoms with Gasteiger partial charge in [-0.15, -0.1) is 0 Å². The lowest BCUT2D eigenvalue weighted by molar-refractivity contribution is -0.125. The van der Waals surface area contributed by atoms with E-state index in [4.69, 9.17) is 0 Å². The summed E-state index contributed by atoms with van der Waals surface area (Å²) in [7, 11) is 0. The summed E-state index contributed by atoms with van der Waals surface area (Å²) >= 11 is 0. The number of benzene rings is 1. The molecular formula is C15H20N2O2. The summed E-state index contributed by atoms with van der Waals surface area (Å²) in [5, 5.41) is 5.63. The minimum absolute atomic E-state index is 0.0322. The normalized spacial score (nSPS) is 19.8. The Balaban J connectivity index is 1.86. The molecule has 1 fully saturated rings. The fraction of sp³-hybridized carbons (Fsp3) is 0.467. The standard InChI is InChI=1S/C15H20N2O2/c1-2-11(12-6-4-3-5-7-12)10-16-15(19)13-8-9-14(18)17-13/h3-7,11,13H,2,8-10H2,1H3,(H,16,19)(H,17,18)/t11-,13-/m1/s1. The summed E-state index contributed by atoms with van der Waals surface area (Å²) in [5.74, 6) is 0.220. The molecule has 1 aliphatic heterocycles. The van der Waals surface area contributed by atoms with Gasteiger partial charge in [0.2, 0.25) is 11.8 Å². The molecule has 102 valence electrons. The molecule has 19 heavy (non-hydrogen) atoms. The van der Waals surface area contributed by atoms with Gasteiger partial charge in [-0.05, 0) is 18.4 Å². The number of hydrogen-bond donors (Lipinski definition) is 2. The molecule has 1 aliphatic rings. The number of hydrogen-bond acceptors (Lipinski definition) is 2. The number of rotatable bonds is 5. The van der Waals surface area contributed by atoms with Gasteiger partial charge in [0.15, 0.2) is 0 Å². The van der Waals surface area contributed by atoms with E-state index in [1.807, 2.05) is 18.2 Å². The smallest absolute Gasteiger partial charge is 0.242 e. The minimum Gasteiger partial charge on any atom is -0.354 e. The van der Waals surface area contributed by atoms with Crippen molar-refractivity contribution in [2.45, 2.75) is 38.1 Å². The topological polar surface area (TPSA) is 58.2 Å². The predicted molar refractivity (Wildman–Crippen MR) is 73.6 cm³/mol. The van der Waals surface area contributed by atoms with E-state index in [1.165, 1.54) is 5.56 Å². The molecule has 4 heteroatoms. The van der Waals surface area contributed by atoms with Crippen LogP contribution in [-0.4, -0.2) is 24.4 Å². The maximum Gasteiger partial charge on any atom is 0.242 e. The monoisotopic (exact) mass is 260 g/mol. The predicted octanol–water partition coefficient (Wildman–Crippen LogP) is 1.57. The average Bonchev–Trinajstić information content (AvgIpc) is 2.87. The largest absolute Gasteiger partial charge is 0.354 e. The minimum atomic E-state index is -0.347. The molecule has 2 N–H and O–H groups in total. The van der Waals surface area contributed by atoms with Gasteiger partial charge in [-0.3, -0.25) is 9.59 Å². The lowest BCUT2D eigenvalue weighted by atomic mass is 9.96. The van der Waals surface area contributed by atoms with Crippen LogP contribution in [0.4, 0.5) is 0 Å². The molecule has 1 aromatic carbocycles. The lowest BCUT2D eigenvalue weighted by Gasteiger charge is -2.18. The first kappa shape index (κ1) is 13.6. The van der Waals surface area contributed by atoms with E-state index in [2.05, 4.69) is 29.7 Å². The van der Waals surface area contributed by atoms with Crippen LogP contribution in [0, 0.1) is 0 Å². The SMILES string of the molecule is CC[C@H](CNC(=O)[C@H]1CCC(=O)N1)c1ccccc1. The van der Waals surface area contributed by atoms with Crippen LogP contribution in [0.2, 0.25) is 0 Å². The molecule has 0 aromatic heterocycles. The van der Waals surface area contributed by atoms with Crippen LogP contribution in [0.5, 0.6) is 0 Å². The molecule has 0 unspecified atom stereocenters. The summed E-state index contributed by atoms with van der Waals surface area (Å²) < 4.78 is 0. The average molecular weight is 260 g/mol. The Kier molecular flexibility index (Phi) is 4.55. The highest BCUT2D eigenvalue weighted by atomic mass is 16.2. The Morgan fingerprint density at radius 3 is 2.74 bits per heavy atom. The van der Waals surface area contributed by atoms with Crippen LogP contribution in [0.25, 0.3) is 0 Å². The molecule has 0 radical (unpaired) electrons. The second-order valence-electron chi connectivity index (χ2n) is 4.92. The molecule has 1 heterocycles. The van der Waals surface area contributed by atoms with Crippen molar-refractivity contribution in [3.63, 3.8) is 0 Å². The Morgan fingerprint density at radius 2 is 2.16 bits per heavy atom. The van der Waals surface area contributed by atoms with Crippen LogP contribution < -0.4 is 10.6 Å². The van der Waals surface area contributed by atoms with Crippen molar-refractivity contribution in [1.29, 1.82) is 0 Å². The van der Waals surface area contributed by atoms with Crippen molar-refractivity contribution in [3.05, 3.63) is 35.9 Å². The second-order valence-corrected chi connectivity index (χ2v) is 4.92. The third-order valence-corrected chi connectivity index (χ3v) is 3.60. The number of carbonyl (C=O) groups is 2. The van der Waals surface area contributed by atoms with E-state index < -0.39 is 0 Å². The van der Waals surface area contributed by atoms with Crippen LogP contribution >= 0.6 is 0 Å². The van der Waals surface area contributed by atoms with Crippen molar-refractivity contribution in [2.75, 3.05) is 6.54 Å². The first-order valence-corrected chi connectivity index (χ1v) is 6.82. The zero-order valence-corrected chi connectivity index (χ0v) is 11.2. The molecule has 4 nitrogen and oxygen atoms in total. The van der Waals surface area contributed by atoms with Gasteiger partial charge in [-0.2, -0.15) is 0 Å². The number of carbonyl (C=O) groups excluding carboxylic acids is 2. The zero-order valence-electron chi connectivity index (χ0n) is 11.2. The van der Waals surface area contributed by atoms with Crippen molar-refractivity contribution in [2.24, 2.45) is 0 Å². The summed E-state index contributed by atoms with van der Waals surface area (Å²) in [6.07, 6.45) is 2.03. The van der Waals surface area contributed by atoms with E-state index in [-0.39, 0.29) is 17.9 Å². The third kappa shape index (κ3) is 3.56. The van der Waals surface area contributed by atoms with Gasteiger partial charge in [0.1, 0.15) is 6.04 Å². The van der Waals surface area contributed by atoms with E-state index >= 15 is 0 Å². The molecule has 1 saturated heterocycles. The highest BCUT2D eigenvalue weighted by Crippen LogP contribution is 2.18. The van der Waals surface area contributed by atoms with Crippen molar-refractivity contribution < 1.29 is 9.59 Å². The summed E-state index contributed by atoms with van der Waals surface area (Å²) in [4.78, 5) is 23.0. The van der Waals surface area contributed by atoms with Crippen molar-refractivity contribution in [3.8, 4) is 0 Å². The number of nitrogens with one attached hydrogen (secondary N) is 2. The van der Waals surface area contributed by atoms with Gasteiger partial charge in [-0.1, -0.05) is 37.3 Å². The van der Waals surface area contributed by atoms with Crippen molar-refractivity contribution in [1.82, 2.24) is 10.6 Å². The van der Waals surface area contributed by atoms with Crippen LogP contribution in [0.1, 0.15) is 37.7 Å². The Morgan fingerprint density at radius 1 is 1.42 bits per heavy atom. The van der Waals surface area contributed by atoms with Crippen LogP contribution in [0.3, 0.4) is 0 Å². The number of amides is 2. The highest BCUT2D eigenvalue weighted by Gasteiger charge is 2.27. The van der Waals surface area contributed by atoms with Gasteiger partial charge in [0.05, 0.1) is 0 Å². The van der Waals surface area contributed by atoms with E-state index in [0.717, 1.165) is 6.42 Å². The van der Waals surface area contributed by atoms with Gasteiger partial charge in [0, 0.05) is 18.9 Å². The summed E-state index contributed by atoms with van der Waals surface area (Å²) in [5.41, 5.74) is 1.24. The molecule has 2 atom stereocenters. The van der Waals surface area contributed by atoms with Gasteiger partial charge in [0.25, 0.3) is 0 Å². The lowest BCUT2D eigenvalue weighted by Crippen LogP contribution is -2.42. The molecule has 2 amide bonds. The zero-order chi connectivity index (χ0) is 13.7. The Hall–Kier alpha value is -1.84. The molecule has 0 saturated carbocycles. The van der Waals surface area contributed by atoms with Crippen molar-refractivity contribution >= 4 is 11.8 Å². The van der Waals surface area contributed by atoms with Gasteiger partial charge < -0.3 is 10.6 Å². The van der Waals surface area contributed by atoms with Gasteiger partial charge >= 0.3 is 0 Å². The molecular weight excluding hydrogens is 240 g/mol. The molecule has 0 spiro atoms.